The summed E-state index contributed by atoms with van der Waals surface area (Å²) in [4.78, 5) is 0. The number of benzene rings is 1. The number of hydrogen-bond donors (Lipinski definition) is 1. The molecule has 6 heteroatoms. The highest BCUT2D eigenvalue weighted by Gasteiger charge is 2.34. The number of nitrogens with zero attached hydrogens (tertiary/aromatic N) is 1. The van der Waals surface area contributed by atoms with Gasteiger partial charge in [0.15, 0.2) is 7.83 Å². The van der Waals surface area contributed by atoms with Crippen LogP contribution in [-0.2, 0) is 4.43 Å². The third-order valence-corrected chi connectivity index (χ3v) is 12.8. The van der Waals surface area contributed by atoms with Gasteiger partial charge in [-0.1, -0.05) is 20.8 Å². The molecule has 0 saturated carbocycles. The molecule has 2 rings (SSSR count). The van der Waals surface area contributed by atoms with Crippen LogP contribution in [0.15, 0.2) is 12.1 Å². The highest BCUT2D eigenvalue weighted by atomic mass is 29.2. The maximum Gasteiger partial charge on any atom is 0.168 e. The molecule has 1 aromatic carbocycles. The first-order valence-electron chi connectivity index (χ1n) is 7.76. The highest BCUT2D eigenvalue weighted by molar-refractivity contribution is 7.21. The molecule has 0 fully saturated rings. The Bertz CT molecular complexity index is 605. The molecule has 0 aromatic heterocycles. The molecule has 1 N–H and O–H groups in total. The number of nitrogens with one attached hydrogen (secondary N) is 1. The second-order valence-electron chi connectivity index (χ2n) is 7.85. The zero-order valence-electron chi connectivity index (χ0n) is 14.1. The Morgan fingerprint density at radius 2 is 2.09 bits per heavy atom. The molecule has 0 spiro atoms. The fourth-order valence-electron chi connectivity index (χ4n) is 3.48. The monoisotopic (exact) mass is 336 g/mol. The molecule has 22 heavy (non-hydrogen) atoms. The molecule has 1 unspecified atom stereocenters. The molecular weight excluding hydrogens is 311 g/mol. The molecule has 0 radical (unpaired) electrons. The molecule has 3 nitrogen and oxygen atoms in total. The maximum absolute atomic E-state index is 13.8. The highest BCUT2D eigenvalue weighted by Crippen LogP contribution is 2.38. The first-order chi connectivity index (χ1) is 10.1. The van der Waals surface area contributed by atoms with Gasteiger partial charge in [-0.15, -0.1) is 0 Å². The number of anilines is 1. The molecule has 1 atom stereocenters. The van der Waals surface area contributed by atoms with E-state index in [4.69, 9.17) is 4.43 Å². The van der Waals surface area contributed by atoms with Gasteiger partial charge in [-0.3, -0.25) is 0 Å². The van der Waals surface area contributed by atoms with Crippen LogP contribution in [-0.4, -0.2) is 23.4 Å². The van der Waals surface area contributed by atoms with Gasteiger partial charge >= 0.3 is 0 Å². The van der Waals surface area contributed by atoms with Crippen molar-refractivity contribution in [3.8, 4) is 6.07 Å². The summed E-state index contributed by atoms with van der Waals surface area (Å²) in [5.74, 6) is -0.361. The van der Waals surface area contributed by atoms with Crippen LogP contribution in [0.25, 0.3) is 0 Å². The van der Waals surface area contributed by atoms with Crippen LogP contribution in [0.3, 0.4) is 0 Å². The van der Waals surface area contributed by atoms with Crippen molar-refractivity contribution >= 4 is 22.6 Å². The lowest BCUT2D eigenvalue weighted by molar-refractivity contribution is 0.193. The zero-order valence-corrected chi connectivity index (χ0v) is 16.5. The largest absolute Gasteiger partial charge is 0.414 e. The van der Waals surface area contributed by atoms with E-state index in [1.165, 1.54) is 12.1 Å². The number of fused-ring (bicyclic) bond motifs is 1. The van der Waals surface area contributed by atoms with Crippen molar-refractivity contribution in [1.29, 1.82) is 5.26 Å². The zero-order chi connectivity index (χ0) is 16.5. The van der Waals surface area contributed by atoms with Gasteiger partial charge in [0.05, 0.1) is 26.4 Å². The maximum atomic E-state index is 13.8. The predicted octanol–water partition coefficient (Wildman–Crippen LogP) is 3.66. The lowest BCUT2D eigenvalue weighted by Gasteiger charge is -2.36. The fourth-order valence-corrected chi connectivity index (χ4v) is 15.6. The summed E-state index contributed by atoms with van der Waals surface area (Å²) in [5.41, 5.74) is 1.93. The summed E-state index contributed by atoms with van der Waals surface area (Å²) in [7, 11) is -2.09. The van der Waals surface area contributed by atoms with Crippen molar-refractivity contribution in [2.24, 2.45) is 0 Å². The molecule has 0 saturated heterocycles. The number of rotatable bonds is 3. The Morgan fingerprint density at radius 1 is 1.41 bits per heavy atom. The fraction of sp³-hybridized carbons (Fsp3) is 0.562. The molecular formula is C16H25FN2OSi2. The van der Waals surface area contributed by atoms with Crippen molar-refractivity contribution in [2.75, 3.05) is 11.9 Å². The molecule has 1 aliphatic heterocycles. The summed E-state index contributed by atoms with van der Waals surface area (Å²) in [6, 6.07) is 4.90. The predicted molar refractivity (Wildman–Crippen MR) is 93.8 cm³/mol. The van der Waals surface area contributed by atoms with E-state index in [9.17, 15) is 9.65 Å². The van der Waals surface area contributed by atoms with Crippen LogP contribution in [0.5, 0.6) is 0 Å². The minimum absolute atomic E-state index is 0.0874. The van der Waals surface area contributed by atoms with Crippen molar-refractivity contribution in [2.45, 2.75) is 51.4 Å². The first kappa shape index (κ1) is 17.2. The minimum Gasteiger partial charge on any atom is -0.414 e. The van der Waals surface area contributed by atoms with Crippen molar-refractivity contribution < 1.29 is 8.82 Å². The summed E-state index contributed by atoms with van der Waals surface area (Å²) >= 11 is 0. The first-order valence-corrected chi connectivity index (χ1v) is 13.7. The summed E-state index contributed by atoms with van der Waals surface area (Å²) in [5, 5.41) is 12.8. The second-order valence-corrected chi connectivity index (χ2v) is 20.2. The van der Waals surface area contributed by atoms with Crippen molar-refractivity contribution in [3.63, 3.8) is 0 Å². The van der Waals surface area contributed by atoms with Gasteiger partial charge in [0.1, 0.15) is 11.9 Å². The third-order valence-electron chi connectivity index (χ3n) is 3.73. The average Bonchev–Trinajstić information content (AvgIpc) is 2.35. The topological polar surface area (TPSA) is 45.0 Å². The van der Waals surface area contributed by atoms with Crippen molar-refractivity contribution in [3.05, 3.63) is 29.1 Å². The van der Waals surface area contributed by atoms with Gasteiger partial charge in [0.2, 0.25) is 0 Å². The molecule has 120 valence electrons. The quantitative estimate of drug-likeness (QED) is 0.857. The van der Waals surface area contributed by atoms with E-state index in [1.807, 2.05) is 0 Å². The van der Waals surface area contributed by atoms with Crippen LogP contribution in [0.1, 0.15) is 44.4 Å². The average molecular weight is 337 g/mol. The van der Waals surface area contributed by atoms with E-state index in [1.54, 1.807) is 0 Å². The van der Waals surface area contributed by atoms with Gasteiger partial charge in [-0.25, -0.2) is 4.39 Å². The second kappa shape index (κ2) is 6.15. The van der Waals surface area contributed by atoms with Gasteiger partial charge in [0, 0.05) is 12.1 Å². The molecule has 0 bridgehead atoms. The smallest absolute Gasteiger partial charge is 0.168 e. The standard InChI is InChI=1S/C16H25FN2OSi2/c1-16(2,3)21-22(4,5)20-14-6-7-19-15-11(10-18)8-12(17)9-13(14)15/h8-9,14,19H,6-7,21H2,1-5H3. The Morgan fingerprint density at radius 3 is 2.68 bits per heavy atom. The Hall–Kier alpha value is -1.17. The third kappa shape index (κ3) is 4.18. The number of halogens is 1. The van der Waals surface area contributed by atoms with Crippen LogP contribution >= 0.6 is 0 Å². The van der Waals surface area contributed by atoms with E-state index in [-0.39, 0.29) is 21.0 Å². The summed E-state index contributed by atoms with van der Waals surface area (Å²) in [6.07, 6.45) is 0.742. The van der Waals surface area contributed by atoms with Crippen LogP contribution < -0.4 is 5.32 Å². The Balaban J connectivity index is 2.30. The lowest BCUT2D eigenvalue weighted by atomic mass is 9.97. The molecule has 1 heterocycles. The molecule has 0 amide bonds. The molecule has 1 aromatic rings. The molecule has 1 aliphatic rings. The minimum atomic E-state index is -1.73. The number of hydrogen-bond acceptors (Lipinski definition) is 3. The SMILES string of the molecule is CC(C)(C)[SiH2][Si](C)(C)OC1CCNc2c(C#N)cc(F)cc21. The Labute approximate surface area is 135 Å². The lowest BCUT2D eigenvalue weighted by Crippen LogP contribution is -2.44. The van der Waals surface area contributed by atoms with Crippen LogP contribution in [0.4, 0.5) is 10.1 Å². The Kier molecular flexibility index (Phi) is 4.80. The van der Waals surface area contributed by atoms with E-state index >= 15 is 0 Å². The van der Waals surface area contributed by atoms with E-state index in [0.29, 0.717) is 10.6 Å². The van der Waals surface area contributed by atoms with E-state index in [0.717, 1.165) is 24.2 Å². The van der Waals surface area contributed by atoms with E-state index in [2.05, 4.69) is 45.3 Å². The van der Waals surface area contributed by atoms with Crippen LogP contribution in [0.2, 0.25) is 18.1 Å². The van der Waals surface area contributed by atoms with Gasteiger partial charge < -0.3 is 9.74 Å². The summed E-state index contributed by atoms with van der Waals surface area (Å²) in [6.45, 7) is 12.1. The number of nitriles is 1. The summed E-state index contributed by atoms with van der Waals surface area (Å²) < 4.78 is 20.3. The van der Waals surface area contributed by atoms with Crippen molar-refractivity contribution in [1.82, 2.24) is 0 Å². The van der Waals surface area contributed by atoms with Gasteiger partial charge in [-0.05, 0) is 36.7 Å². The van der Waals surface area contributed by atoms with Gasteiger partial charge in [-0.2, -0.15) is 5.26 Å². The van der Waals surface area contributed by atoms with Crippen LogP contribution in [0, 0.1) is 17.1 Å². The normalized spacial score (nSPS) is 18.9. The van der Waals surface area contributed by atoms with E-state index < -0.39 is 7.83 Å². The molecule has 0 aliphatic carbocycles. The van der Waals surface area contributed by atoms with Gasteiger partial charge in [0.25, 0.3) is 0 Å².